The van der Waals surface area contributed by atoms with Crippen LogP contribution in [0.15, 0.2) is 36.4 Å². The molecule has 5 nitrogen and oxygen atoms in total. The molecule has 0 saturated heterocycles. The van der Waals surface area contributed by atoms with Crippen molar-refractivity contribution in [1.29, 1.82) is 0 Å². The van der Waals surface area contributed by atoms with Crippen molar-refractivity contribution in [3.8, 4) is 0 Å². The van der Waals surface area contributed by atoms with Crippen molar-refractivity contribution in [2.45, 2.75) is 71.6 Å². The highest BCUT2D eigenvalue weighted by atomic mass is 19.1. The van der Waals surface area contributed by atoms with Gasteiger partial charge in [0.15, 0.2) is 0 Å². The van der Waals surface area contributed by atoms with Gasteiger partial charge in [-0.3, -0.25) is 4.79 Å². The van der Waals surface area contributed by atoms with E-state index in [0.717, 1.165) is 30.9 Å². The van der Waals surface area contributed by atoms with Crippen molar-refractivity contribution in [3.63, 3.8) is 0 Å². The fourth-order valence-corrected chi connectivity index (χ4v) is 5.04. The smallest absolute Gasteiger partial charge is 0.217 e. The Morgan fingerprint density at radius 3 is 2.40 bits per heavy atom. The molecule has 7 heteroatoms. The molecule has 0 heterocycles. The van der Waals surface area contributed by atoms with Crippen LogP contribution < -0.4 is 10.6 Å². The molecule has 0 aliphatic heterocycles. The third-order valence-corrected chi connectivity index (χ3v) is 6.55. The van der Waals surface area contributed by atoms with E-state index in [1.165, 1.54) is 30.2 Å². The van der Waals surface area contributed by atoms with Crippen LogP contribution in [0.2, 0.25) is 0 Å². The number of aliphatic hydroxyl groups is 2. The number of amides is 1. The van der Waals surface area contributed by atoms with Crippen molar-refractivity contribution in [3.05, 3.63) is 70.3 Å². The molecule has 1 unspecified atom stereocenters. The Balaban J connectivity index is 1.78. The van der Waals surface area contributed by atoms with Crippen molar-refractivity contribution >= 4 is 5.91 Å². The molecule has 0 saturated carbocycles. The summed E-state index contributed by atoms with van der Waals surface area (Å²) in [6, 6.07) is 8.84. The summed E-state index contributed by atoms with van der Waals surface area (Å²) in [5.74, 6) is -1.75. The van der Waals surface area contributed by atoms with Gasteiger partial charge in [0.1, 0.15) is 11.6 Å². The number of halogens is 2. The molecule has 0 aromatic heterocycles. The fraction of sp³-hybridized carbons (Fsp3) is 0.536. The number of aliphatic hydroxyl groups excluding tert-OH is 2. The Kier molecular flexibility index (Phi) is 9.02. The predicted molar refractivity (Wildman–Crippen MR) is 133 cm³/mol. The lowest BCUT2D eigenvalue weighted by atomic mass is 9.78. The lowest BCUT2D eigenvalue weighted by Crippen LogP contribution is -2.49. The molecule has 0 fully saturated rings. The lowest BCUT2D eigenvalue weighted by Gasteiger charge is -2.35. The van der Waals surface area contributed by atoms with Gasteiger partial charge >= 0.3 is 0 Å². The molecule has 0 spiro atoms. The number of hydrogen-bond acceptors (Lipinski definition) is 4. The van der Waals surface area contributed by atoms with Crippen LogP contribution in [0.5, 0.6) is 0 Å². The van der Waals surface area contributed by atoms with E-state index in [-0.39, 0.29) is 42.9 Å². The first-order chi connectivity index (χ1) is 16.4. The Bertz CT molecular complexity index is 1000. The molecule has 1 amide bonds. The van der Waals surface area contributed by atoms with E-state index in [0.29, 0.717) is 5.56 Å². The molecular weight excluding hydrogens is 450 g/mol. The van der Waals surface area contributed by atoms with E-state index in [1.807, 2.05) is 0 Å². The molecule has 192 valence electrons. The highest BCUT2D eigenvalue weighted by Crippen LogP contribution is 2.36. The van der Waals surface area contributed by atoms with Crippen molar-refractivity contribution in [2.24, 2.45) is 11.3 Å². The number of nitrogens with one attached hydrogen (secondary N) is 2. The van der Waals surface area contributed by atoms with Crippen LogP contribution in [-0.4, -0.2) is 41.4 Å². The minimum absolute atomic E-state index is 0.00359. The average molecular weight is 489 g/mol. The number of hydrogen-bond donors (Lipinski definition) is 4. The van der Waals surface area contributed by atoms with Gasteiger partial charge < -0.3 is 20.8 Å². The second-order valence-corrected chi connectivity index (χ2v) is 11.0. The third kappa shape index (κ3) is 7.82. The van der Waals surface area contributed by atoms with Crippen molar-refractivity contribution < 1.29 is 23.8 Å². The van der Waals surface area contributed by atoms with E-state index < -0.39 is 23.8 Å². The van der Waals surface area contributed by atoms with Crippen LogP contribution >= 0.6 is 0 Å². The zero-order chi connectivity index (χ0) is 25.8. The molecule has 1 aliphatic rings. The number of rotatable bonds is 9. The quantitative estimate of drug-likeness (QED) is 0.432. The first-order valence-corrected chi connectivity index (χ1v) is 12.3. The van der Waals surface area contributed by atoms with E-state index in [2.05, 4.69) is 49.6 Å². The van der Waals surface area contributed by atoms with Gasteiger partial charge in [0.2, 0.25) is 5.91 Å². The van der Waals surface area contributed by atoms with Crippen LogP contribution in [0.1, 0.15) is 62.4 Å². The summed E-state index contributed by atoms with van der Waals surface area (Å²) >= 11 is 0. The van der Waals surface area contributed by atoms with Gasteiger partial charge in [0, 0.05) is 38.1 Å². The van der Waals surface area contributed by atoms with Gasteiger partial charge in [-0.25, -0.2) is 8.78 Å². The number of carbonyl (C=O) groups is 1. The molecular formula is C28H38F2N2O3. The molecule has 35 heavy (non-hydrogen) atoms. The molecule has 0 radical (unpaired) electrons. The van der Waals surface area contributed by atoms with Crippen LogP contribution in [0.25, 0.3) is 0 Å². The maximum Gasteiger partial charge on any atom is 0.217 e. The van der Waals surface area contributed by atoms with E-state index in [4.69, 9.17) is 0 Å². The van der Waals surface area contributed by atoms with E-state index in [1.54, 1.807) is 0 Å². The molecule has 2 aromatic carbocycles. The first-order valence-electron chi connectivity index (χ1n) is 12.3. The second-order valence-electron chi connectivity index (χ2n) is 11.0. The Hall–Kier alpha value is -2.35. The first kappa shape index (κ1) is 27.2. The molecule has 2 aromatic rings. The zero-order valence-electron chi connectivity index (χ0n) is 21.1. The molecule has 4 N–H and O–H groups in total. The van der Waals surface area contributed by atoms with Crippen LogP contribution in [0.4, 0.5) is 8.78 Å². The van der Waals surface area contributed by atoms with Crippen LogP contribution in [0.3, 0.4) is 0 Å². The van der Waals surface area contributed by atoms with E-state index >= 15 is 0 Å². The Labute approximate surface area is 207 Å². The number of benzene rings is 2. The normalized spacial score (nSPS) is 19.7. The summed E-state index contributed by atoms with van der Waals surface area (Å²) in [5.41, 5.74) is 4.08. The highest BCUT2D eigenvalue weighted by molar-refractivity contribution is 5.73. The van der Waals surface area contributed by atoms with Gasteiger partial charge in [-0.1, -0.05) is 39.0 Å². The van der Waals surface area contributed by atoms with Gasteiger partial charge in [0.25, 0.3) is 0 Å². The minimum Gasteiger partial charge on any atom is -0.396 e. The summed E-state index contributed by atoms with van der Waals surface area (Å²) in [7, 11) is 0. The van der Waals surface area contributed by atoms with Crippen LogP contribution in [0, 0.1) is 23.0 Å². The zero-order valence-corrected chi connectivity index (χ0v) is 21.1. The monoisotopic (exact) mass is 488 g/mol. The maximum atomic E-state index is 13.7. The van der Waals surface area contributed by atoms with Crippen LogP contribution in [-0.2, 0) is 24.1 Å². The van der Waals surface area contributed by atoms with Crippen molar-refractivity contribution in [1.82, 2.24) is 10.6 Å². The number of aryl methyl sites for hydroxylation is 1. The van der Waals surface area contributed by atoms with Gasteiger partial charge in [-0.05, 0) is 65.5 Å². The standard InChI is InChI=1S/C28H38F2N2O3/c1-17(34)32-25(12-19-9-22(29)13-23(30)10-19)26(35)15-31-27-21(16-33)8-7-20-6-5-18(11-24(20)27)14-28(2,3)4/h5-6,9-11,13,21,25-27,31,33,35H,7-8,12,14-16H2,1-4H3,(H,32,34)/t21?,25-,26+,27-/m0/s1. The summed E-state index contributed by atoms with van der Waals surface area (Å²) in [5, 5.41) is 27.2. The fourth-order valence-electron chi connectivity index (χ4n) is 5.04. The van der Waals surface area contributed by atoms with Gasteiger partial charge in [-0.2, -0.15) is 0 Å². The molecule has 0 bridgehead atoms. The molecule has 4 atom stereocenters. The average Bonchev–Trinajstić information content (AvgIpc) is 2.74. The predicted octanol–water partition coefficient (Wildman–Crippen LogP) is 3.85. The Morgan fingerprint density at radius 2 is 1.80 bits per heavy atom. The largest absolute Gasteiger partial charge is 0.396 e. The second kappa shape index (κ2) is 11.6. The highest BCUT2D eigenvalue weighted by Gasteiger charge is 2.31. The minimum atomic E-state index is -1.01. The van der Waals surface area contributed by atoms with Gasteiger partial charge in [0.05, 0.1) is 12.1 Å². The molecule has 3 rings (SSSR count). The Morgan fingerprint density at radius 1 is 1.11 bits per heavy atom. The topological polar surface area (TPSA) is 81.6 Å². The molecule has 1 aliphatic carbocycles. The lowest BCUT2D eigenvalue weighted by molar-refractivity contribution is -0.120. The SMILES string of the molecule is CC(=O)N[C@@H](Cc1cc(F)cc(F)c1)[C@H](O)CN[C@@H]1c2cc(CC(C)(C)C)ccc2CCC1CO. The van der Waals surface area contributed by atoms with E-state index in [9.17, 15) is 23.8 Å². The number of fused-ring (bicyclic) bond motifs is 1. The van der Waals surface area contributed by atoms with Gasteiger partial charge in [-0.15, -0.1) is 0 Å². The summed E-state index contributed by atoms with van der Waals surface area (Å²) in [6.07, 6.45) is 1.71. The van der Waals surface area contributed by atoms with Crippen molar-refractivity contribution in [2.75, 3.05) is 13.2 Å². The summed E-state index contributed by atoms with van der Waals surface area (Å²) in [6.45, 7) is 8.10. The number of carbonyl (C=O) groups excluding carboxylic acids is 1. The maximum absolute atomic E-state index is 13.7. The summed E-state index contributed by atoms with van der Waals surface area (Å²) in [4.78, 5) is 11.8. The third-order valence-electron chi connectivity index (χ3n) is 6.55. The summed E-state index contributed by atoms with van der Waals surface area (Å²) < 4.78 is 27.3.